The van der Waals surface area contributed by atoms with E-state index in [0.29, 0.717) is 30.8 Å². The molecule has 0 bridgehead atoms. The average molecular weight is 353 g/mol. The zero-order valence-electron chi connectivity index (χ0n) is 14.5. The summed E-state index contributed by atoms with van der Waals surface area (Å²) in [7, 11) is -3.21. The number of likely N-dealkylation sites (N-methyl/N-ethyl adjacent to an activating group) is 1. The fraction of sp³-hybridized carbons (Fsp3) is 0.588. The Morgan fingerprint density at radius 3 is 2.42 bits per heavy atom. The fourth-order valence-corrected chi connectivity index (χ4v) is 4.47. The van der Waals surface area contributed by atoms with Gasteiger partial charge in [-0.15, -0.1) is 0 Å². The van der Waals surface area contributed by atoms with E-state index in [1.807, 2.05) is 0 Å². The number of hydrogen-bond acceptors (Lipinski definition) is 4. The van der Waals surface area contributed by atoms with Crippen molar-refractivity contribution in [2.75, 3.05) is 42.8 Å². The maximum Gasteiger partial charge on any atom is 0.251 e. The van der Waals surface area contributed by atoms with E-state index in [2.05, 4.69) is 24.1 Å². The normalized spacial score (nSPS) is 17.0. The maximum absolute atomic E-state index is 12.2. The Morgan fingerprint density at radius 1 is 1.17 bits per heavy atom. The van der Waals surface area contributed by atoms with Crippen LogP contribution in [-0.4, -0.2) is 57.7 Å². The quantitative estimate of drug-likeness (QED) is 0.810. The van der Waals surface area contributed by atoms with Crippen LogP contribution in [0, 0.1) is 0 Å². The maximum atomic E-state index is 12.2. The van der Waals surface area contributed by atoms with Crippen molar-refractivity contribution in [2.45, 2.75) is 26.7 Å². The lowest BCUT2D eigenvalue weighted by Crippen LogP contribution is -2.38. The number of carbonyl (C=O) groups excluding carboxylic acids is 1. The van der Waals surface area contributed by atoms with Crippen LogP contribution in [0.5, 0.6) is 0 Å². The van der Waals surface area contributed by atoms with Crippen LogP contribution in [0.1, 0.15) is 37.0 Å². The highest BCUT2D eigenvalue weighted by Crippen LogP contribution is 2.23. The summed E-state index contributed by atoms with van der Waals surface area (Å²) < 4.78 is 25.7. The second-order valence-corrected chi connectivity index (χ2v) is 7.94. The number of sulfonamides is 1. The molecule has 1 amide bonds. The first-order valence-corrected chi connectivity index (χ1v) is 10.2. The van der Waals surface area contributed by atoms with Gasteiger partial charge in [0.1, 0.15) is 0 Å². The molecule has 0 radical (unpaired) electrons. The van der Waals surface area contributed by atoms with Crippen molar-refractivity contribution in [3.05, 3.63) is 29.8 Å². The van der Waals surface area contributed by atoms with Gasteiger partial charge in [0, 0.05) is 25.2 Å². The molecule has 24 heavy (non-hydrogen) atoms. The van der Waals surface area contributed by atoms with E-state index >= 15 is 0 Å². The van der Waals surface area contributed by atoms with Crippen LogP contribution in [0.15, 0.2) is 24.3 Å². The summed E-state index contributed by atoms with van der Waals surface area (Å²) in [5.41, 5.74) is 1.18. The minimum Gasteiger partial charge on any atom is -0.351 e. The highest BCUT2D eigenvalue weighted by atomic mass is 32.2. The lowest BCUT2D eigenvalue weighted by Gasteiger charge is -2.28. The molecule has 7 heteroatoms. The van der Waals surface area contributed by atoms with Crippen molar-refractivity contribution in [1.82, 2.24) is 10.2 Å². The molecule has 1 saturated heterocycles. The van der Waals surface area contributed by atoms with Gasteiger partial charge in [0.25, 0.3) is 5.91 Å². The van der Waals surface area contributed by atoms with E-state index < -0.39 is 10.0 Å². The Morgan fingerprint density at radius 2 is 1.83 bits per heavy atom. The Kier molecular flexibility index (Phi) is 6.62. The van der Waals surface area contributed by atoms with Crippen LogP contribution in [-0.2, 0) is 10.0 Å². The van der Waals surface area contributed by atoms with Gasteiger partial charge in [-0.2, -0.15) is 0 Å². The molecule has 1 aliphatic rings. The van der Waals surface area contributed by atoms with Crippen molar-refractivity contribution in [3.8, 4) is 0 Å². The number of carbonyl (C=O) groups is 1. The minimum atomic E-state index is -3.21. The molecule has 1 aromatic carbocycles. The number of benzene rings is 1. The lowest BCUT2D eigenvalue weighted by molar-refractivity contribution is 0.0949. The molecule has 6 nitrogen and oxygen atoms in total. The van der Waals surface area contributed by atoms with Crippen LogP contribution in [0.4, 0.5) is 5.69 Å². The van der Waals surface area contributed by atoms with Crippen LogP contribution < -0.4 is 9.62 Å². The summed E-state index contributed by atoms with van der Waals surface area (Å²) in [6.07, 6.45) is 1.58. The molecular formula is C17H27N3O3S. The van der Waals surface area contributed by atoms with Gasteiger partial charge in [-0.1, -0.05) is 13.8 Å². The molecule has 1 aliphatic heterocycles. The summed E-state index contributed by atoms with van der Waals surface area (Å²) >= 11 is 0. The highest BCUT2D eigenvalue weighted by Gasteiger charge is 2.25. The highest BCUT2D eigenvalue weighted by molar-refractivity contribution is 7.92. The van der Waals surface area contributed by atoms with Crippen LogP contribution in [0.25, 0.3) is 0 Å². The molecule has 0 aliphatic carbocycles. The third-order valence-electron chi connectivity index (χ3n) is 4.37. The van der Waals surface area contributed by atoms with Crippen molar-refractivity contribution in [2.24, 2.45) is 0 Å². The SMILES string of the molecule is CCN(CC)CCNC(=O)c1ccc(N2CCCCS2(=O)=O)cc1. The van der Waals surface area contributed by atoms with E-state index in [-0.39, 0.29) is 11.7 Å². The molecule has 1 heterocycles. The molecule has 2 rings (SSSR count). The predicted octanol–water partition coefficient (Wildman–Crippen LogP) is 1.69. The van der Waals surface area contributed by atoms with Crippen LogP contribution in [0.3, 0.4) is 0 Å². The second kappa shape index (κ2) is 8.48. The number of hydrogen-bond donors (Lipinski definition) is 1. The molecule has 1 fully saturated rings. The zero-order valence-corrected chi connectivity index (χ0v) is 15.3. The van der Waals surface area contributed by atoms with E-state index in [9.17, 15) is 13.2 Å². The number of anilines is 1. The molecule has 1 aromatic rings. The van der Waals surface area contributed by atoms with Gasteiger partial charge < -0.3 is 10.2 Å². The largest absolute Gasteiger partial charge is 0.351 e. The monoisotopic (exact) mass is 353 g/mol. The molecule has 0 aromatic heterocycles. The van der Waals surface area contributed by atoms with Crippen molar-refractivity contribution < 1.29 is 13.2 Å². The van der Waals surface area contributed by atoms with Gasteiger partial charge in [0.05, 0.1) is 11.4 Å². The molecule has 134 valence electrons. The summed E-state index contributed by atoms with van der Waals surface area (Å²) in [6.45, 7) is 8.05. The van der Waals surface area contributed by atoms with E-state index in [1.165, 1.54) is 4.31 Å². The Balaban J connectivity index is 1.95. The molecular weight excluding hydrogens is 326 g/mol. The summed E-state index contributed by atoms with van der Waals surface area (Å²) in [4.78, 5) is 14.4. The number of nitrogens with one attached hydrogen (secondary N) is 1. The fourth-order valence-electron chi connectivity index (χ4n) is 2.83. The number of rotatable bonds is 7. The van der Waals surface area contributed by atoms with Crippen molar-refractivity contribution in [1.29, 1.82) is 0 Å². The molecule has 1 N–H and O–H groups in total. The van der Waals surface area contributed by atoms with Gasteiger partial charge in [-0.05, 0) is 50.2 Å². The smallest absolute Gasteiger partial charge is 0.251 e. The van der Waals surface area contributed by atoms with Gasteiger partial charge in [0.15, 0.2) is 0 Å². The third-order valence-corrected chi connectivity index (χ3v) is 6.24. The van der Waals surface area contributed by atoms with E-state index in [4.69, 9.17) is 0 Å². The third kappa shape index (κ3) is 4.70. The molecule has 0 saturated carbocycles. The van der Waals surface area contributed by atoms with Gasteiger partial charge >= 0.3 is 0 Å². The first-order chi connectivity index (χ1) is 11.5. The van der Waals surface area contributed by atoms with Gasteiger partial charge in [-0.25, -0.2) is 8.42 Å². The molecule has 0 unspecified atom stereocenters. The Bertz CT molecular complexity index is 640. The minimum absolute atomic E-state index is 0.129. The Hall–Kier alpha value is -1.60. The van der Waals surface area contributed by atoms with Crippen LogP contribution >= 0.6 is 0 Å². The van der Waals surface area contributed by atoms with E-state index in [0.717, 1.165) is 26.1 Å². The summed E-state index contributed by atoms with van der Waals surface area (Å²) in [5, 5.41) is 2.90. The molecule has 0 spiro atoms. The standard InChI is InChI=1S/C17H27N3O3S/c1-3-19(4-2)13-11-18-17(21)15-7-9-16(10-8-15)20-12-5-6-14-24(20,22)23/h7-10H,3-6,11-14H2,1-2H3,(H,18,21). The van der Waals surface area contributed by atoms with Crippen molar-refractivity contribution in [3.63, 3.8) is 0 Å². The lowest BCUT2D eigenvalue weighted by atomic mass is 10.2. The van der Waals surface area contributed by atoms with Crippen molar-refractivity contribution >= 4 is 21.6 Å². The zero-order chi connectivity index (χ0) is 17.6. The molecule has 0 atom stereocenters. The first-order valence-electron chi connectivity index (χ1n) is 8.59. The average Bonchev–Trinajstić information content (AvgIpc) is 2.58. The second-order valence-electron chi connectivity index (χ2n) is 5.92. The van der Waals surface area contributed by atoms with Crippen LogP contribution in [0.2, 0.25) is 0 Å². The number of amides is 1. The van der Waals surface area contributed by atoms with Gasteiger partial charge in [-0.3, -0.25) is 9.10 Å². The summed E-state index contributed by atoms with van der Waals surface area (Å²) in [6, 6.07) is 6.79. The topological polar surface area (TPSA) is 69.7 Å². The predicted molar refractivity (Wildman–Crippen MR) is 96.9 cm³/mol. The first kappa shape index (κ1) is 18.7. The summed E-state index contributed by atoms with van der Waals surface area (Å²) in [5.74, 6) is 0.0656. The van der Waals surface area contributed by atoms with Gasteiger partial charge in [0.2, 0.25) is 10.0 Å². The number of nitrogens with zero attached hydrogens (tertiary/aromatic N) is 2. The Labute approximate surface area is 144 Å². The van der Waals surface area contributed by atoms with E-state index in [1.54, 1.807) is 24.3 Å².